The normalized spacial score (nSPS) is 26.0. The number of hydrogen-bond acceptors (Lipinski definition) is 2. The quantitative estimate of drug-likeness (QED) is 0.594. The van der Waals surface area contributed by atoms with E-state index in [2.05, 4.69) is 10.9 Å². The van der Waals surface area contributed by atoms with Gasteiger partial charge in [-0.2, -0.15) is 0 Å². The first-order valence-corrected chi connectivity index (χ1v) is 5.60. The Morgan fingerprint density at radius 2 is 2.33 bits per heavy atom. The minimum Gasteiger partial charge on any atom is -0.348 e. The van der Waals surface area contributed by atoms with Crippen LogP contribution in [0.15, 0.2) is 11.6 Å². The summed E-state index contributed by atoms with van der Waals surface area (Å²) in [5.41, 5.74) is 1.08. The van der Waals surface area contributed by atoms with Gasteiger partial charge < -0.3 is 4.90 Å². The first-order chi connectivity index (χ1) is 6.99. The zero-order chi connectivity index (χ0) is 11.5. The van der Waals surface area contributed by atoms with Crippen LogP contribution in [0.3, 0.4) is 0 Å². The maximum atomic E-state index is 11.9. The first kappa shape index (κ1) is 12.5. The molecule has 0 heterocycles. The second kappa shape index (κ2) is 4.99. The third-order valence-corrected chi connectivity index (χ3v) is 3.19. The average molecular weight is 231 g/mol. The van der Waals surface area contributed by atoms with Gasteiger partial charge in [-0.25, -0.2) is 4.84 Å². The molecule has 0 aliphatic heterocycles. The van der Waals surface area contributed by atoms with Crippen LogP contribution in [0, 0.1) is 5.41 Å². The molecule has 4 heteroatoms. The van der Waals surface area contributed by atoms with Crippen molar-refractivity contribution in [1.29, 1.82) is 0 Å². The summed E-state index contributed by atoms with van der Waals surface area (Å²) in [6.07, 6.45) is 4.82. The molecule has 86 valence electrons. The maximum Gasteiger partial charge on any atom is 0.228 e. The van der Waals surface area contributed by atoms with Gasteiger partial charge in [0, 0.05) is 20.6 Å². The summed E-state index contributed by atoms with van der Waals surface area (Å²) >= 11 is 5.45. The highest BCUT2D eigenvalue weighted by Crippen LogP contribution is 2.36. The Bertz CT molecular complexity index is 276. The number of rotatable bonds is 3. The second-order valence-electron chi connectivity index (χ2n) is 4.64. The maximum absolute atomic E-state index is 11.9. The zero-order valence-corrected chi connectivity index (χ0v) is 10.4. The highest BCUT2D eigenvalue weighted by Gasteiger charge is 2.35. The first-order valence-electron chi connectivity index (χ1n) is 5.23. The monoisotopic (exact) mass is 230 g/mol. The van der Waals surface area contributed by atoms with E-state index < -0.39 is 0 Å². The Labute approximate surface area is 96.6 Å². The number of hydrogen-bond donors (Lipinski definition) is 1. The van der Waals surface area contributed by atoms with Crippen molar-refractivity contribution in [3.8, 4) is 0 Å². The molecule has 15 heavy (non-hydrogen) atoms. The molecule has 0 aromatic rings. The predicted octanol–water partition coefficient (Wildman–Crippen LogP) is 1.93. The molecule has 1 atom stereocenters. The summed E-state index contributed by atoms with van der Waals surface area (Å²) in [6.45, 7) is 2.75. The molecular formula is C11H19ClN2O. The SMILES string of the molecule is CN(C)C(=O)C1(C)CC=C(CNCl)CC1. The molecule has 0 saturated carbocycles. The van der Waals surface area contributed by atoms with Crippen LogP contribution in [0.4, 0.5) is 0 Å². The lowest BCUT2D eigenvalue weighted by Crippen LogP contribution is -2.39. The predicted molar refractivity (Wildman–Crippen MR) is 62.6 cm³/mol. The van der Waals surface area contributed by atoms with Gasteiger partial charge >= 0.3 is 0 Å². The number of halogens is 1. The minimum atomic E-state index is -0.223. The van der Waals surface area contributed by atoms with Crippen molar-refractivity contribution in [1.82, 2.24) is 9.74 Å². The third-order valence-electron chi connectivity index (χ3n) is 3.06. The van der Waals surface area contributed by atoms with Crippen LogP contribution in [0.5, 0.6) is 0 Å². The fourth-order valence-corrected chi connectivity index (χ4v) is 2.16. The van der Waals surface area contributed by atoms with Crippen LogP contribution in [-0.2, 0) is 4.79 Å². The molecule has 0 spiro atoms. The molecule has 1 unspecified atom stereocenters. The zero-order valence-electron chi connectivity index (χ0n) is 9.64. The van der Waals surface area contributed by atoms with Gasteiger partial charge in [0.15, 0.2) is 0 Å². The van der Waals surface area contributed by atoms with Crippen LogP contribution in [-0.4, -0.2) is 31.4 Å². The fraction of sp³-hybridized carbons (Fsp3) is 0.727. The molecule has 1 amide bonds. The van der Waals surface area contributed by atoms with Crippen molar-refractivity contribution in [3.05, 3.63) is 11.6 Å². The van der Waals surface area contributed by atoms with Crippen LogP contribution < -0.4 is 4.84 Å². The fourth-order valence-electron chi connectivity index (χ4n) is 1.99. The van der Waals surface area contributed by atoms with E-state index in [0.29, 0.717) is 6.54 Å². The van der Waals surface area contributed by atoms with Crippen molar-refractivity contribution < 1.29 is 4.79 Å². The molecule has 0 bridgehead atoms. The Hall–Kier alpha value is -0.540. The molecule has 0 radical (unpaired) electrons. The van der Waals surface area contributed by atoms with Gasteiger partial charge in [-0.1, -0.05) is 18.6 Å². The second-order valence-corrected chi connectivity index (χ2v) is 4.90. The standard InChI is InChI=1S/C11H19ClN2O/c1-11(10(15)14(2)3)6-4-9(5-7-11)8-13-12/h4,13H,5-8H2,1-3H3. The van der Waals surface area contributed by atoms with Gasteiger partial charge in [0.2, 0.25) is 5.91 Å². The van der Waals surface area contributed by atoms with Gasteiger partial charge in [-0.3, -0.25) is 4.79 Å². The topological polar surface area (TPSA) is 32.3 Å². The van der Waals surface area contributed by atoms with E-state index in [0.717, 1.165) is 19.3 Å². The van der Waals surface area contributed by atoms with Gasteiger partial charge in [-0.05, 0) is 31.0 Å². The summed E-state index contributed by atoms with van der Waals surface area (Å²) in [4.78, 5) is 16.2. The number of carbonyl (C=O) groups is 1. The summed E-state index contributed by atoms with van der Waals surface area (Å²) < 4.78 is 0. The Morgan fingerprint density at radius 1 is 1.67 bits per heavy atom. The molecule has 0 saturated heterocycles. The van der Waals surface area contributed by atoms with E-state index in [1.54, 1.807) is 4.90 Å². The minimum absolute atomic E-state index is 0.219. The molecule has 1 rings (SSSR count). The number of allylic oxidation sites excluding steroid dienone is 1. The van der Waals surface area contributed by atoms with Crippen molar-refractivity contribution in [2.45, 2.75) is 26.2 Å². The number of nitrogens with zero attached hydrogens (tertiary/aromatic N) is 1. The third kappa shape index (κ3) is 2.95. The Balaban J connectivity index is 2.65. The van der Waals surface area contributed by atoms with Gasteiger partial charge in [0.05, 0.1) is 5.41 Å². The van der Waals surface area contributed by atoms with E-state index in [1.807, 2.05) is 21.0 Å². The Morgan fingerprint density at radius 3 is 2.73 bits per heavy atom. The average Bonchev–Trinajstić information content (AvgIpc) is 2.21. The van der Waals surface area contributed by atoms with Crippen molar-refractivity contribution in [2.75, 3.05) is 20.6 Å². The highest BCUT2D eigenvalue weighted by molar-refractivity contribution is 6.13. The van der Waals surface area contributed by atoms with Crippen LogP contribution in [0.1, 0.15) is 26.2 Å². The van der Waals surface area contributed by atoms with E-state index in [4.69, 9.17) is 11.8 Å². The van der Waals surface area contributed by atoms with Crippen LogP contribution >= 0.6 is 11.8 Å². The summed E-state index contributed by atoms with van der Waals surface area (Å²) in [5.74, 6) is 0.219. The number of carbonyl (C=O) groups excluding carboxylic acids is 1. The summed E-state index contributed by atoms with van der Waals surface area (Å²) in [5, 5.41) is 0. The van der Waals surface area contributed by atoms with Gasteiger partial charge in [0.25, 0.3) is 0 Å². The molecule has 0 aromatic heterocycles. The molecule has 3 nitrogen and oxygen atoms in total. The van der Waals surface area contributed by atoms with Gasteiger partial charge in [0.1, 0.15) is 0 Å². The van der Waals surface area contributed by atoms with E-state index in [9.17, 15) is 4.79 Å². The van der Waals surface area contributed by atoms with Crippen molar-refractivity contribution in [3.63, 3.8) is 0 Å². The molecular weight excluding hydrogens is 212 g/mol. The summed E-state index contributed by atoms with van der Waals surface area (Å²) in [7, 11) is 3.63. The van der Waals surface area contributed by atoms with Crippen LogP contribution in [0.2, 0.25) is 0 Å². The molecule has 0 aromatic carbocycles. The lowest BCUT2D eigenvalue weighted by molar-refractivity contribution is -0.139. The van der Waals surface area contributed by atoms with Crippen molar-refractivity contribution >= 4 is 17.7 Å². The van der Waals surface area contributed by atoms with E-state index >= 15 is 0 Å². The molecule has 0 fully saturated rings. The van der Waals surface area contributed by atoms with E-state index in [1.165, 1.54) is 5.57 Å². The van der Waals surface area contributed by atoms with Crippen molar-refractivity contribution in [2.24, 2.45) is 5.41 Å². The lowest BCUT2D eigenvalue weighted by Gasteiger charge is -2.33. The van der Waals surface area contributed by atoms with E-state index in [-0.39, 0.29) is 11.3 Å². The Kier molecular flexibility index (Phi) is 4.17. The lowest BCUT2D eigenvalue weighted by atomic mass is 9.75. The molecule has 1 aliphatic carbocycles. The smallest absolute Gasteiger partial charge is 0.228 e. The number of amides is 1. The van der Waals surface area contributed by atoms with Crippen LogP contribution in [0.25, 0.3) is 0 Å². The largest absolute Gasteiger partial charge is 0.348 e. The highest BCUT2D eigenvalue weighted by atomic mass is 35.5. The van der Waals surface area contributed by atoms with Gasteiger partial charge in [-0.15, -0.1) is 0 Å². The number of nitrogens with one attached hydrogen (secondary N) is 1. The molecule has 1 N–H and O–H groups in total. The molecule has 1 aliphatic rings. The summed E-state index contributed by atoms with van der Waals surface area (Å²) in [6, 6.07) is 0.